The molecule has 116 heavy (non-hydrogen) atoms. The molecule has 3 amide bonds. The second-order valence-corrected chi connectivity index (χ2v) is 29.8. The molecule has 0 saturated carbocycles. The molecule has 3 aliphatic rings. The maximum atomic E-state index is 13.8. The van der Waals surface area contributed by atoms with Gasteiger partial charge in [0, 0.05) is 163 Å². The monoisotopic (exact) mass is 1650 g/mol. The first-order chi connectivity index (χ1) is 55.8. The van der Waals surface area contributed by atoms with Crippen molar-refractivity contribution in [3.8, 4) is 45.0 Å². The number of ketones is 1. The summed E-state index contributed by atoms with van der Waals surface area (Å²) in [6.07, 6.45) is 26.6. The number of pyridine rings is 3. The molecule has 0 radical (unpaired) electrons. The van der Waals surface area contributed by atoms with Crippen LogP contribution in [0.2, 0.25) is 0 Å². The second-order valence-electron chi connectivity index (χ2n) is 28.9. The van der Waals surface area contributed by atoms with Gasteiger partial charge in [0.1, 0.15) is 22.6 Å². The van der Waals surface area contributed by atoms with Crippen LogP contribution in [0.4, 0.5) is 21.0 Å². The summed E-state index contributed by atoms with van der Waals surface area (Å²) in [7, 11) is 13.9. The summed E-state index contributed by atoms with van der Waals surface area (Å²) in [5, 5.41) is 28.2. The predicted molar refractivity (Wildman–Crippen MR) is 435 cm³/mol. The topological polar surface area (TPSA) is 353 Å². The Morgan fingerprint density at radius 3 is 1.33 bits per heavy atom. The van der Waals surface area contributed by atoms with Crippen LogP contribution in [0.25, 0.3) is 89.0 Å². The lowest BCUT2D eigenvalue weighted by molar-refractivity contribution is -0.0772. The number of rotatable bonds is 18. The molecule has 3 saturated heterocycles. The molecule has 0 aliphatic carbocycles. The first kappa shape index (κ1) is 82.5. The van der Waals surface area contributed by atoms with Crippen molar-refractivity contribution in [1.29, 1.82) is 0 Å². The number of carbonyl (C=O) groups is 4. The number of hydrogen-bond acceptors (Lipinski definition) is 24. The van der Waals surface area contributed by atoms with Crippen molar-refractivity contribution in [3.05, 3.63) is 142 Å². The van der Waals surface area contributed by atoms with Crippen LogP contribution >= 0.6 is 15.9 Å². The number of anilines is 2. The van der Waals surface area contributed by atoms with Crippen LogP contribution in [0.15, 0.2) is 115 Å². The molecular formula is C81H97BrN20O14. The average Bonchev–Trinajstić information content (AvgIpc) is 1.57. The highest BCUT2D eigenvalue weighted by molar-refractivity contribution is 9.10. The van der Waals surface area contributed by atoms with E-state index in [0.29, 0.717) is 124 Å². The van der Waals surface area contributed by atoms with Gasteiger partial charge < -0.3 is 36.9 Å². The van der Waals surface area contributed by atoms with Gasteiger partial charge >= 0.3 is 23.8 Å². The summed E-state index contributed by atoms with van der Waals surface area (Å²) < 4.78 is 60.5. The van der Waals surface area contributed by atoms with E-state index in [1.54, 1.807) is 103 Å². The average molecular weight is 1650 g/mol. The van der Waals surface area contributed by atoms with Gasteiger partial charge in [0.15, 0.2) is 28.1 Å². The molecule has 16 rings (SSSR count). The Morgan fingerprint density at radius 2 is 0.914 bits per heavy atom. The predicted octanol–water partition coefficient (Wildman–Crippen LogP) is 13.5. The molecule has 0 unspecified atom stereocenters. The van der Waals surface area contributed by atoms with E-state index in [1.165, 1.54) is 20.4 Å². The van der Waals surface area contributed by atoms with E-state index in [1.807, 2.05) is 110 Å². The number of aromatic nitrogens is 17. The van der Waals surface area contributed by atoms with Gasteiger partial charge in [-0.2, -0.15) is 35.6 Å². The van der Waals surface area contributed by atoms with Crippen LogP contribution < -0.4 is 15.5 Å². The Morgan fingerprint density at radius 1 is 0.500 bits per heavy atom. The molecule has 612 valence electrons. The number of hydrogen-bond donors (Lipinski definition) is 0. The van der Waals surface area contributed by atoms with Crippen molar-refractivity contribution >= 4 is 95.2 Å². The summed E-state index contributed by atoms with van der Waals surface area (Å²) in [5.74, 6) is -0.872. The smallest absolute Gasteiger partial charge is 0.414 e. The van der Waals surface area contributed by atoms with Crippen molar-refractivity contribution in [2.45, 2.75) is 150 Å². The van der Waals surface area contributed by atoms with Gasteiger partial charge in [-0.05, 0) is 127 Å². The highest BCUT2D eigenvalue weighted by atomic mass is 79.9. The van der Waals surface area contributed by atoms with Crippen LogP contribution in [-0.4, -0.2) is 190 Å². The van der Waals surface area contributed by atoms with Gasteiger partial charge in [0.25, 0.3) is 0 Å². The SMILES string of the molecule is CCOC(=O)N(c1c(C(=O)N(C)OC)oc2c(C)nc(-c3cnn(C)c3)cc12)[C@H]1CCO[C@@H](CC)C1.CCOC(=O)N(c1c(C(=O)c2cnn(C)c2)oc2c(C)nc(-c3cnn(C)c3)cc12)[C@H]1CCO[C@@H](CC)C1.CC[C@H]1C[C@@H](n2c(=O)nc(-c3cnn(C)c3)c3oc4c(C)nc(-c5cnn(C)c5)cc4c32)CCO1.Cn1cc(Br)cn1. The minimum Gasteiger partial charge on any atom is -0.450 e. The Kier molecular flexibility index (Phi) is 25.4. The van der Waals surface area contributed by atoms with Gasteiger partial charge in [0.05, 0.1) is 120 Å². The fraction of sp³-hybridized carbons (Fsp3) is 0.444. The summed E-state index contributed by atoms with van der Waals surface area (Å²) in [6, 6.07) is 5.13. The minimum atomic E-state index is -0.548. The molecule has 16 heterocycles. The fourth-order valence-corrected chi connectivity index (χ4v) is 15.4. The molecule has 35 heteroatoms. The van der Waals surface area contributed by atoms with Crippen LogP contribution in [0.3, 0.4) is 0 Å². The van der Waals surface area contributed by atoms with E-state index in [0.717, 1.165) is 86.2 Å². The summed E-state index contributed by atoms with van der Waals surface area (Å²) in [5.41, 5.74) is 11.3. The third-order valence-corrected chi connectivity index (χ3v) is 21.2. The third kappa shape index (κ3) is 17.4. The summed E-state index contributed by atoms with van der Waals surface area (Å²) in [6.45, 7) is 17.3. The zero-order chi connectivity index (χ0) is 82.5. The van der Waals surface area contributed by atoms with E-state index in [-0.39, 0.29) is 72.6 Å². The zero-order valence-electron chi connectivity index (χ0n) is 68.1. The first-order valence-electron chi connectivity index (χ1n) is 38.8. The van der Waals surface area contributed by atoms with Gasteiger partial charge in [0.2, 0.25) is 11.5 Å². The zero-order valence-corrected chi connectivity index (χ0v) is 69.6. The van der Waals surface area contributed by atoms with Crippen molar-refractivity contribution < 1.29 is 61.0 Å². The number of furan rings is 3. The van der Waals surface area contributed by atoms with Crippen LogP contribution in [0, 0.1) is 20.8 Å². The van der Waals surface area contributed by atoms with E-state index in [2.05, 4.69) is 70.3 Å². The molecule has 13 aromatic rings. The van der Waals surface area contributed by atoms with Crippen molar-refractivity contribution in [2.24, 2.45) is 42.3 Å². The van der Waals surface area contributed by atoms with E-state index in [9.17, 15) is 24.0 Å². The molecule has 0 bridgehead atoms. The molecule has 6 atom stereocenters. The lowest BCUT2D eigenvalue weighted by atomic mass is 9.98. The highest BCUT2D eigenvalue weighted by Gasteiger charge is 2.41. The van der Waals surface area contributed by atoms with E-state index < -0.39 is 18.1 Å². The Hall–Kier alpha value is -11.5. The van der Waals surface area contributed by atoms with E-state index in [4.69, 9.17) is 51.7 Å². The molecule has 3 aliphatic heterocycles. The van der Waals surface area contributed by atoms with Gasteiger partial charge in [-0.3, -0.25) is 56.9 Å². The van der Waals surface area contributed by atoms with Gasteiger partial charge in [-0.15, -0.1) is 0 Å². The van der Waals surface area contributed by atoms with Crippen molar-refractivity contribution in [3.63, 3.8) is 0 Å². The quantitative estimate of drug-likeness (QED) is 0.0569. The second kappa shape index (κ2) is 35.7. The molecule has 34 nitrogen and oxygen atoms in total. The maximum absolute atomic E-state index is 13.8. The number of hydroxylamine groups is 2. The number of carbonyl (C=O) groups excluding carboxylic acids is 4. The largest absolute Gasteiger partial charge is 0.450 e. The maximum Gasteiger partial charge on any atom is 0.414 e. The van der Waals surface area contributed by atoms with Crippen LogP contribution in [-0.2, 0) is 70.8 Å². The summed E-state index contributed by atoms with van der Waals surface area (Å²) >= 11 is 3.25. The molecule has 0 N–H and O–H groups in total. The number of ether oxygens (including phenoxy) is 5. The lowest BCUT2D eigenvalue weighted by Crippen LogP contribution is -2.46. The highest BCUT2D eigenvalue weighted by Crippen LogP contribution is 2.45. The molecule has 0 aromatic carbocycles. The standard InChI is InChI=1S/C27H32N6O5.C25H27N7O3.C25H33N5O6.C4H5BrN2/c1-6-20-10-19(8-9-37-20)33(27(35)36-7-2)23-21-11-22(17-12-28-31(4)14-17)30-16(3)25(21)38-26(23)24(34)18-13-29-32(5)15-18;1-5-18-8-17(6-7-34-18)32-22-19-9-20(15-10-26-30(3)12-15)28-14(2)23(19)35-24(22)21(29-25(32)33)16-11-27-31(4)13-16;1-7-18-11-17(9-10-35-18)30(25(32)34-8-2)21-19-12-20(16-13-26-28(4)14-16)27-15(3)22(19)36-23(21)24(31)29(5)33-6;1-7-3-4(5)2-6-7/h11-15,19-20H,6-10H2,1-5H3;9-13,17-18H,5-8H2,1-4H3;12-14,17-18H,7-11H2,1-6H3;2-3H,1H3/t19-,20-;2*17-,18-;/m000./s1. The number of fused-ring (bicyclic) bond motifs is 5. The Labute approximate surface area is 676 Å². The third-order valence-electron chi connectivity index (χ3n) is 20.8. The van der Waals surface area contributed by atoms with Crippen molar-refractivity contribution in [1.82, 2.24) is 88.2 Å². The Bertz CT molecular complexity index is 5760. The number of amides is 3. The summed E-state index contributed by atoms with van der Waals surface area (Å²) in [4.78, 5) is 94.9. The first-order valence-corrected chi connectivity index (χ1v) is 39.6. The minimum absolute atomic E-state index is 0.00401. The Balaban J connectivity index is 0.000000145. The van der Waals surface area contributed by atoms with Crippen LogP contribution in [0.5, 0.6) is 0 Å². The fourth-order valence-electron chi connectivity index (χ4n) is 15.0. The van der Waals surface area contributed by atoms with Gasteiger partial charge in [-0.25, -0.2) is 34.4 Å². The molecule has 0 spiro atoms. The molecule has 13 aromatic heterocycles. The number of halogens is 1. The van der Waals surface area contributed by atoms with Gasteiger partial charge in [-0.1, -0.05) is 20.8 Å². The van der Waals surface area contributed by atoms with Crippen molar-refractivity contribution in [2.75, 3.05) is 57.0 Å². The molecular weight excluding hydrogens is 1560 g/mol. The number of nitrogens with zero attached hydrogens (tertiary/aromatic N) is 20. The van der Waals surface area contributed by atoms with E-state index >= 15 is 0 Å². The van der Waals surface area contributed by atoms with Crippen LogP contribution in [0.1, 0.15) is 142 Å². The molecule has 3 fully saturated rings. The number of aryl methyl sites for hydroxylation is 9. The normalized spacial score (nSPS) is 17.5. The lowest BCUT2D eigenvalue weighted by Gasteiger charge is -2.36.